The molecule has 1 aromatic carbocycles. The number of rotatable bonds is 5. The van der Waals surface area contributed by atoms with Gasteiger partial charge in [0, 0.05) is 23.6 Å². The molecular formula is C18H22IN5OS. The van der Waals surface area contributed by atoms with Gasteiger partial charge in [-0.15, -0.1) is 35.3 Å². The van der Waals surface area contributed by atoms with Gasteiger partial charge in [-0.05, 0) is 13.8 Å². The zero-order valence-electron chi connectivity index (χ0n) is 14.9. The highest BCUT2D eigenvalue weighted by Crippen LogP contribution is 2.19. The standard InChI is InChI=1S/C18H21N5OS.HI/c1-12-13(2)25-17(22-12)11-21-18(19-3)20-10-15-9-16(24-23-15)14-7-5-4-6-8-14;/h4-9H,10-11H2,1-3H3,(H2,19,20,21);1H. The van der Waals surface area contributed by atoms with Crippen LogP contribution in [0.2, 0.25) is 0 Å². The van der Waals surface area contributed by atoms with Crippen LogP contribution in [0.4, 0.5) is 0 Å². The predicted molar refractivity (Wildman–Crippen MR) is 116 cm³/mol. The van der Waals surface area contributed by atoms with Gasteiger partial charge in [-0.25, -0.2) is 4.98 Å². The Bertz CT molecular complexity index is 840. The number of nitrogens with one attached hydrogen (secondary N) is 2. The molecule has 3 rings (SSSR count). The molecule has 26 heavy (non-hydrogen) atoms. The molecule has 2 heterocycles. The second-order valence-electron chi connectivity index (χ2n) is 5.58. The molecule has 0 unspecified atom stereocenters. The van der Waals surface area contributed by atoms with Crippen molar-refractivity contribution in [3.63, 3.8) is 0 Å². The van der Waals surface area contributed by atoms with E-state index in [0.717, 1.165) is 27.7 Å². The minimum Gasteiger partial charge on any atom is -0.356 e. The van der Waals surface area contributed by atoms with Crippen molar-refractivity contribution >= 4 is 41.3 Å². The van der Waals surface area contributed by atoms with Gasteiger partial charge in [0.15, 0.2) is 11.7 Å². The predicted octanol–water partition coefficient (Wildman–Crippen LogP) is 3.90. The number of aromatic nitrogens is 2. The first-order valence-electron chi connectivity index (χ1n) is 8.04. The van der Waals surface area contributed by atoms with Crippen molar-refractivity contribution in [1.29, 1.82) is 0 Å². The molecule has 2 N–H and O–H groups in total. The molecule has 0 aliphatic carbocycles. The van der Waals surface area contributed by atoms with E-state index in [2.05, 4.69) is 32.7 Å². The minimum absolute atomic E-state index is 0. The first-order chi connectivity index (χ1) is 12.2. The van der Waals surface area contributed by atoms with Crippen LogP contribution >= 0.6 is 35.3 Å². The Labute approximate surface area is 174 Å². The number of aryl methyl sites for hydroxylation is 2. The zero-order valence-corrected chi connectivity index (χ0v) is 18.1. The Morgan fingerprint density at radius 3 is 2.54 bits per heavy atom. The lowest BCUT2D eigenvalue weighted by Crippen LogP contribution is -2.36. The summed E-state index contributed by atoms with van der Waals surface area (Å²) in [6.45, 7) is 5.29. The molecule has 0 bridgehead atoms. The van der Waals surface area contributed by atoms with Gasteiger partial charge in [0.1, 0.15) is 10.7 Å². The summed E-state index contributed by atoms with van der Waals surface area (Å²) in [6, 6.07) is 11.9. The number of guanidine groups is 1. The minimum atomic E-state index is 0. The van der Waals surface area contributed by atoms with Gasteiger partial charge < -0.3 is 15.2 Å². The van der Waals surface area contributed by atoms with Crippen molar-refractivity contribution in [3.8, 4) is 11.3 Å². The van der Waals surface area contributed by atoms with E-state index < -0.39 is 0 Å². The average molecular weight is 483 g/mol. The number of thiazole rings is 1. The average Bonchev–Trinajstić information content (AvgIpc) is 3.23. The molecule has 0 amide bonds. The van der Waals surface area contributed by atoms with Crippen molar-refractivity contribution in [2.75, 3.05) is 7.05 Å². The third-order valence-electron chi connectivity index (χ3n) is 3.76. The van der Waals surface area contributed by atoms with Crippen LogP contribution < -0.4 is 10.6 Å². The summed E-state index contributed by atoms with van der Waals surface area (Å²) >= 11 is 1.70. The topological polar surface area (TPSA) is 75.3 Å². The maximum atomic E-state index is 5.40. The molecular weight excluding hydrogens is 461 g/mol. The van der Waals surface area contributed by atoms with Crippen molar-refractivity contribution in [3.05, 3.63) is 57.7 Å². The summed E-state index contributed by atoms with van der Waals surface area (Å²) < 4.78 is 5.40. The van der Waals surface area contributed by atoms with Gasteiger partial charge in [-0.3, -0.25) is 4.99 Å². The second kappa shape index (κ2) is 9.67. The SMILES string of the molecule is CN=C(NCc1cc(-c2ccccc2)on1)NCc1nc(C)c(C)s1.I. The van der Waals surface area contributed by atoms with Gasteiger partial charge in [-0.2, -0.15) is 0 Å². The number of nitrogens with zero attached hydrogens (tertiary/aromatic N) is 3. The highest BCUT2D eigenvalue weighted by atomic mass is 127. The fraction of sp³-hybridized carbons (Fsp3) is 0.278. The Morgan fingerprint density at radius 1 is 1.15 bits per heavy atom. The van der Waals surface area contributed by atoms with Crippen molar-refractivity contribution in [2.45, 2.75) is 26.9 Å². The quantitative estimate of drug-likeness (QED) is 0.327. The van der Waals surface area contributed by atoms with Crippen LogP contribution in [0.15, 0.2) is 45.9 Å². The summed E-state index contributed by atoms with van der Waals surface area (Å²) in [4.78, 5) is 9.99. The largest absolute Gasteiger partial charge is 0.356 e. The van der Waals surface area contributed by atoms with Crippen LogP contribution in [0.1, 0.15) is 21.3 Å². The molecule has 0 atom stereocenters. The molecule has 0 aliphatic rings. The maximum absolute atomic E-state index is 5.40. The number of hydrogen-bond donors (Lipinski definition) is 2. The highest BCUT2D eigenvalue weighted by molar-refractivity contribution is 14.0. The molecule has 0 saturated heterocycles. The molecule has 0 saturated carbocycles. The molecule has 3 aromatic rings. The fourth-order valence-corrected chi connectivity index (χ4v) is 3.18. The van der Waals surface area contributed by atoms with Crippen LogP contribution in [0, 0.1) is 13.8 Å². The Hall–Kier alpha value is -1.94. The summed E-state index contributed by atoms with van der Waals surface area (Å²) in [7, 11) is 1.74. The van der Waals surface area contributed by atoms with Gasteiger partial charge in [-0.1, -0.05) is 35.5 Å². The van der Waals surface area contributed by atoms with Gasteiger partial charge >= 0.3 is 0 Å². The molecule has 0 spiro atoms. The third kappa shape index (κ3) is 5.28. The second-order valence-corrected chi connectivity index (χ2v) is 6.86. The van der Waals surface area contributed by atoms with Crippen LogP contribution in [-0.2, 0) is 13.1 Å². The molecule has 8 heteroatoms. The lowest BCUT2D eigenvalue weighted by Gasteiger charge is -2.09. The van der Waals surface area contributed by atoms with Gasteiger partial charge in [0.25, 0.3) is 0 Å². The van der Waals surface area contributed by atoms with Crippen molar-refractivity contribution in [1.82, 2.24) is 20.8 Å². The van der Waals surface area contributed by atoms with E-state index in [1.165, 1.54) is 4.88 Å². The zero-order chi connectivity index (χ0) is 17.6. The number of hydrogen-bond acceptors (Lipinski definition) is 5. The summed E-state index contributed by atoms with van der Waals surface area (Å²) in [6.07, 6.45) is 0. The van der Waals surface area contributed by atoms with E-state index in [-0.39, 0.29) is 24.0 Å². The molecule has 2 aromatic heterocycles. The monoisotopic (exact) mass is 483 g/mol. The van der Waals surface area contributed by atoms with E-state index in [0.29, 0.717) is 19.0 Å². The fourth-order valence-electron chi connectivity index (χ4n) is 2.30. The molecule has 138 valence electrons. The summed E-state index contributed by atoms with van der Waals surface area (Å²) in [5.74, 6) is 1.46. The van der Waals surface area contributed by atoms with Crippen molar-refractivity contribution in [2.24, 2.45) is 4.99 Å². The lowest BCUT2D eigenvalue weighted by atomic mass is 10.2. The molecule has 6 nitrogen and oxygen atoms in total. The Morgan fingerprint density at radius 2 is 1.88 bits per heavy atom. The van der Waals surface area contributed by atoms with Crippen LogP contribution in [0.25, 0.3) is 11.3 Å². The maximum Gasteiger partial charge on any atom is 0.191 e. The van der Waals surface area contributed by atoms with Crippen LogP contribution in [0.3, 0.4) is 0 Å². The first kappa shape index (κ1) is 20.4. The van der Waals surface area contributed by atoms with Gasteiger partial charge in [0.2, 0.25) is 0 Å². The van der Waals surface area contributed by atoms with Crippen LogP contribution in [0.5, 0.6) is 0 Å². The smallest absolute Gasteiger partial charge is 0.191 e. The molecule has 0 radical (unpaired) electrons. The number of benzene rings is 1. The van der Waals surface area contributed by atoms with E-state index in [4.69, 9.17) is 4.52 Å². The normalized spacial score (nSPS) is 11.1. The van der Waals surface area contributed by atoms with Gasteiger partial charge in [0.05, 0.1) is 18.8 Å². The van der Waals surface area contributed by atoms with Crippen molar-refractivity contribution < 1.29 is 4.52 Å². The Kier molecular flexibility index (Phi) is 7.58. The highest BCUT2D eigenvalue weighted by Gasteiger charge is 2.08. The summed E-state index contributed by atoms with van der Waals surface area (Å²) in [5, 5.41) is 11.6. The molecule has 0 fully saturated rings. The Balaban J connectivity index is 0.00000243. The number of halogens is 1. The van der Waals surface area contributed by atoms with E-state index in [1.807, 2.05) is 43.3 Å². The first-order valence-corrected chi connectivity index (χ1v) is 8.86. The van der Waals surface area contributed by atoms with E-state index in [1.54, 1.807) is 18.4 Å². The lowest BCUT2D eigenvalue weighted by molar-refractivity contribution is 0.422. The summed E-state index contributed by atoms with van der Waals surface area (Å²) in [5.41, 5.74) is 2.92. The van der Waals surface area contributed by atoms with E-state index in [9.17, 15) is 0 Å². The number of aliphatic imine (C=N–C) groups is 1. The third-order valence-corrected chi connectivity index (χ3v) is 4.83. The van der Waals surface area contributed by atoms with Crippen LogP contribution in [-0.4, -0.2) is 23.1 Å². The molecule has 0 aliphatic heterocycles. The van der Waals surface area contributed by atoms with E-state index >= 15 is 0 Å².